The second-order valence-corrected chi connectivity index (χ2v) is 7.62. The number of nitrogens with zero attached hydrogens (tertiary/aromatic N) is 1. The Hall–Kier alpha value is -2.02. The van der Waals surface area contributed by atoms with Crippen LogP contribution in [-0.2, 0) is 23.2 Å². The normalized spacial score (nSPS) is 12.5. The molecule has 1 aromatic carbocycles. The molecule has 0 heterocycles. The van der Waals surface area contributed by atoms with Crippen molar-refractivity contribution in [2.45, 2.75) is 46.8 Å². The summed E-state index contributed by atoms with van der Waals surface area (Å²) in [6, 6.07) is 6.65. The van der Waals surface area contributed by atoms with Crippen LogP contribution < -0.4 is 5.73 Å². The van der Waals surface area contributed by atoms with Crippen molar-refractivity contribution in [3.8, 4) is 0 Å². The Morgan fingerprint density at radius 3 is 2.04 bits per heavy atom. The van der Waals surface area contributed by atoms with Gasteiger partial charge < -0.3 is 19.6 Å². The van der Waals surface area contributed by atoms with E-state index >= 15 is 0 Å². The summed E-state index contributed by atoms with van der Waals surface area (Å²) in [6.07, 6.45) is -1.08. The maximum Gasteiger partial charge on any atom is 0.389 e. The molecule has 8 nitrogen and oxygen atoms in total. The van der Waals surface area contributed by atoms with E-state index in [1.54, 1.807) is 52.8 Å². The first-order chi connectivity index (χ1) is 11.6. The van der Waals surface area contributed by atoms with Gasteiger partial charge in [-0.25, -0.2) is 4.79 Å². The van der Waals surface area contributed by atoms with E-state index < -0.39 is 37.1 Å². The number of primary amides is 1. The zero-order valence-corrected chi connectivity index (χ0v) is 15.8. The fourth-order valence-corrected chi connectivity index (χ4v) is 3.62. The number of amides is 1. The predicted molar refractivity (Wildman–Crippen MR) is 93.3 cm³/mol. The van der Waals surface area contributed by atoms with Crippen molar-refractivity contribution in [3.05, 3.63) is 35.4 Å². The summed E-state index contributed by atoms with van der Waals surface area (Å²) in [7, 11) is -4.16. The van der Waals surface area contributed by atoms with Gasteiger partial charge in [-0.3, -0.25) is 9.36 Å². The second kappa shape index (κ2) is 8.89. The van der Waals surface area contributed by atoms with Crippen LogP contribution in [0.1, 0.15) is 43.6 Å². The molecule has 0 fully saturated rings. The second-order valence-electron chi connectivity index (χ2n) is 5.78. The minimum atomic E-state index is -4.16. The molecule has 0 aliphatic rings. The molecule has 0 spiro atoms. The molecular formula is C16H23N2O6P. The van der Waals surface area contributed by atoms with E-state index in [-0.39, 0.29) is 5.56 Å². The van der Waals surface area contributed by atoms with Crippen LogP contribution in [0.25, 0.3) is 0 Å². The highest BCUT2D eigenvalue weighted by Gasteiger charge is 2.39. The average Bonchev–Trinajstić information content (AvgIpc) is 2.45. The third-order valence-corrected chi connectivity index (χ3v) is 4.98. The van der Waals surface area contributed by atoms with Gasteiger partial charge in [-0.1, -0.05) is 23.4 Å². The molecule has 0 atom stereocenters. The quantitative estimate of drug-likeness (QED) is 0.325. The Kier molecular flexibility index (Phi) is 7.48. The first-order valence-electron chi connectivity index (χ1n) is 7.69. The molecule has 9 heteroatoms. The van der Waals surface area contributed by atoms with E-state index in [0.29, 0.717) is 5.56 Å². The molecule has 1 aromatic rings. The molecule has 2 N–H and O–H groups in total. The maximum atomic E-state index is 12.9. The largest absolute Gasteiger partial charge is 0.389 e. The van der Waals surface area contributed by atoms with Gasteiger partial charge in [0.15, 0.2) is 0 Å². The molecular weight excluding hydrogens is 347 g/mol. The SMILES string of the molecule is Cc1ccccc1C(=O)ON=C(C(N)=O)P(=O)(OC(C)C)OC(C)C. The third-order valence-electron chi connectivity index (χ3n) is 2.76. The van der Waals surface area contributed by atoms with Gasteiger partial charge in [0.25, 0.3) is 11.4 Å². The van der Waals surface area contributed by atoms with E-state index in [1.807, 2.05) is 0 Å². The molecule has 1 amide bonds. The van der Waals surface area contributed by atoms with Crippen LogP contribution >= 0.6 is 7.60 Å². The molecule has 1 rings (SSSR count). The molecule has 0 aromatic heterocycles. The summed E-state index contributed by atoms with van der Waals surface area (Å²) in [5.74, 6) is -1.99. The van der Waals surface area contributed by atoms with E-state index in [2.05, 4.69) is 5.16 Å². The van der Waals surface area contributed by atoms with Gasteiger partial charge in [0.2, 0.25) is 0 Å². The highest BCUT2D eigenvalue weighted by atomic mass is 31.2. The number of carbonyl (C=O) groups is 2. The zero-order valence-electron chi connectivity index (χ0n) is 14.9. The summed E-state index contributed by atoms with van der Waals surface area (Å²) in [5.41, 5.74) is 5.37. The molecule has 138 valence electrons. The molecule has 0 bridgehead atoms. The summed E-state index contributed by atoms with van der Waals surface area (Å²) in [5, 5.41) is 3.40. The topological polar surface area (TPSA) is 117 Å². The van der Waals surface area contributed by atoms with Crippen LogP contribution in [0.3, 0.4) is 0 Å². The van der Waals surface area contributed by atoms with Gasteiger partial charge in [0, 0.05) is 0 Å². The fraction of sp³-hybridized carbons (Fsp3) is 0.438. The molecule has 0 saturated carbocycles. The van der Waals surface area contributed by atoms with Crippen LogP contribution in [-0.4, -0.2) is 29.5 Å². The number of oxime groups is 1. The predicted octanol–water partition coefficient (Wildman–Crippen LogP) is 2.99. The molecule has 0 radical (unpaired) electrons. The Balaban J connectivity index is 3.17. The van der Waals surface area contributed by atoms with Crippen LogP contribution in [0.4, 0.5) is 0 Å². The lowest BCUT2D eigenvalue weighted by atomic mass is 10.1. The summed E-state index contributed by atoms with van der Waals surface area (Å²) < 4.78 is 23.4. The lowest BCUT2D eigenvalue weighted by molar-refractivity contribution is -0.111. The Morgan fingerprint density at radius 2 is 1.60 bits per heavy atom. The van der Waals surface area contributed by atoms with E-state index in [0.717, 1.165) is 0 Å². The number of benzene rings is 1. The minimum absolute atomic E-state index is 0.249. The summed E-state index contributed by atoms with van der Waals surface area (Å²) in [6.45, 7) is 8.13. The molecule has 25 heavy (non-hydrogen) atoms. The van der Waals surface area contributed by atoms with E-state index in [9.17, 15) is 14.2 Å². The van der Waals surface area contributed by atoms with Gasteiger partial charge in [-0.15, -0.1) is 0 Å². The van der Waals surface area contributed by atoms with Crippen LogP contribution in [0.5, 0.6) is 0 Å². The first-order valence-corrected chi connectivity index (χ1v) is 9.23. The summed E-state index contributed by atoms with van der Waals surface area (Å²) >= 11 is 0. The monoisotopic (exact) mass is 370 g/mol. The molecule has 0 aliphatic carbocycles. The van der Waals surface area contributed by atoms with E-state index in [1.165, 1.54) is 6.07 Å². The van der Waals surface area contributed by atoms with Crippen molar-refractivity contribution < 1.29 is 28.0 Å². The number of rotatable bonds is 8. The maximum absolute atomic E-state index is 12.9. The van der Waals surface area contributed by atoms with Crippen molar-refractivity contribution in [2.24, 2.45) is 10.9 Å². The van der Waals surface area contributed by atoms with Gasteiger partial charge in [0.1, 0.15) is 0 Å². The highest BCUT2D eigenvalue weighted by Crippen LogP contribution is 2.52. The van der Waals surface area contributed by atoms with Crippen molar-refractivity contribution >= 4 is 24.9 Å². The third kappa shape index (κ3) is 6.08. The fourth-order valence-electron chi connectivity index (χ4n) is 1.85. The zero-order chi connectivity index (χ0) is 19.2. The molecule has 0 aliphatic heterocycles. The lowest BCUT2D eigenvalue weighted by Crippen LogP contribution is -2.27. The first kappa shape index (κ1) is 21.0. The Morgan fingerprint density at radius 1 is 1.08 bits per heavy atom. The lowest BCUT2D eigenvalue weighted by Gasteiger charge is -2.22. The van der Waals surface area contributed by atoms with Crippen molar-refractivity contribution in [1.82, 2.24) is 0 Å². The number of aryl methyl sites for hydroxylation is 1. The van der Waals surface area contributed by atoms with Crippen molar-refractivity contribution in [1.29, 1.82) is 0 Å². The molecule has 0 saturated heterocycles. The van der Waals surface area contributed by atoms with Crippen molar-refractivity contribution in [3.63, 3.8) is 0 Å². The van der Waals surface area contributed by atoms with Crippen molar-refractivity contribution in [2.75, 3.05) is 0 Å². The van der Waals surface area contributed by atoms with Crippen LogP contribution in [0, 0.1) is 6.92 Å². The van der Waals surface area contributed by atoms with Crippen LogP contribution in [0.2, 0.25) is 0 Å². The molecule has 0 unspecified atom stereocenters. The summed E-state index contributed by atoms with van der Waals surface area (Å²) in [4.78, 5) is 28.6. The average molecular weight is 370 g/mol. The van der Waals surface area contributed by atoms with Gasteiger partial charge >= 0.3 is 13.6 Å². The standard InChI is InChI=1S/C16H23N2O6P/c1-10(2)23-25(21,24-11(3)4)15(14(17)19)18-22-16(20)13-9-7-6-8-12(13)5/h6-11H,1-5H3,(H2,17,19). The van der Waals surface area contributed by atoms with Gasteiger partial charge in [-0.2, -0.15) is 0 Å². The van der Waals surface area contributed by atoms with Gasteiger partial charge in [0.05, 0.1) is 17.8 Å². The highest BCUT2D eigenvalue weighted by molar-refractivity contribution is 7.75. The number of carbonyl (C=O) groups excluding carboxylic acids is 2. The number of hydrogen-bond donors (Lipinski definition) is 1. The number of hydrogen-bond acceptors (Lipinski definition) is 7. The number of nitrogens with two attached hydrogens (primary N) is 1. The Bertz CT molecular complexity index is 700. The van der Waals surface area contributed by atoms with Gasteiger partial charge in [-0.05, 0) is 46.2 Å². The van der Waals surface area contributed by atoms with E-state index in [4.69, 9.17) is 19.6 Å². The smallest absolute Gasteiger partial charge is 0.364 e. The van der Waals surface area contributed by atoms with Crippen LogP contribution in [0.15, 0.2) is 29.4 Å². The minimum Gasteiger partial charge on any atom is -0.364 e. The Labute approximate surface area is 146 Å².